The molecule has 4 N–H and O–H groups in total. The third-order valence-electron chi connectivity index (χ3n) is 5.85. The number of ketones is 1. The normalized spacial score (nSPS) is 16.3. The number of rotatable bonds is 8. The minimum atomic E-state index is -0.710. The molecule has 0 unspecified atom stereocenters. The molecular formula is C26H32O7. The summed E-state index contributed by atoms with van der Waals surface area (Å²) in [5.74, 6) is -0.381. The van der Waals surface area contributed by atoms with Gasteiger partial charge in [-0.3, -0.25) is 4.79 Å². The summed E-state index contributed by atoms with van der Waals surface area (Å²) in [6.45, 7) is 5.51. The van der Waals surface area contributed by atoms with Crippen LogP contribution < -0.4 is 9.47 Å². The maximum atomic E-state index is 12.9. The summed E-state index contributed by atoms with van der Waals surface area (Å²) >= 11 is 0. The number of carbonyl (C=O) groups is 1. The Morgan fingerprint density at radius 3 is 2.58 bits per heavy atom. The van der Waals surface area contributed by atoms with E-state index in [1.807, 2.05) is 13.0 Å². The fraction of sp³-hybridized carbons (Fsp3) is 0.423. The number of hydrogen-bond acceptors (Lipinski definition) is 7. The first kappa shape index (κ1) is 24.5. The van der Waals surface area contributed by atoms with Crippen molar-refractivity contribution in [3.63, 3.8) is 0 Å². The topological polar surface area (TPSA) is 116 Å². The molecular weight excluding hydrogens is 424 g/mol. The molecule has 33 heavy (non-hydrogen) atoms. The van der Waals surface area contributed by atoms with Crippen LogP contribution in [0.2, 0.25) is 0 Å². The molecule has 1 aliphatic rings. The minimum absolute atomic E-state index is 0.0116. The number of fused-ring (bicyclic) bond motifs is 1. The molecule has 0 saturated carbocycles. The van der Waals surface area contributed by atoms with Crippen LogP contribution in [0.5, 0.6) is 28.7 Å². The zero-order chi connectivity index (χ0) is 24.3. The first-order valence-corrected chi connectivity index (χ1v) is 11.0. The summed E-state index contributed by atoms with van der Waals surface area (Å²) in [5.41, 5.74) is 1.27. The van der Waals surface area contributed by atoms with Gasteiger partial charge >= 0.3 is 0 Å². The van der Waals surface area contributed by atoms with E-state index in [1.54, 1.807) is 26.0 Å². The first-order valence-electron chi connectivity index (χ1n) is 11.0. The molecule has 0 amide bonds. The number of phenols is 3. The number of ether oxygens (including phenoxy) is 2. The van der Waals surface area contributed by atoms with Gasteiger partial charge in [-0.1, -0.05) is 17.7 Å². The Balaban J connectivity index is 1.79. The highest BCUT2D eigenvalue weighted by atomic mass is 16.5. The molecule has 0 spiro atoms. The van der Waals surface area contributed by atoms with E-state index in [1.165, 1.54) is 19.2 Å². The molecule has 1 atom stereocenters. The molecule has 7 heteroatoms. The van der Waals surface area contributed by atoms with Gasteiger partial charge in [-0.05, 0) is 64.2 Å². The van der Waals surface area contributed by atoms with Crippen molar-refractivity contribution in [3.8, 4) is 28.7 Å². The molecule has 3 rings (SSSR count). The van der Waals surface area contributed by atoms with Crippen molar-refractivity contribution in [2.24, 2.45) is 0 Å². The number of methoxy groups -OCH3 is 1. The lowest BCUT2D eigenvalue weighted by Crippen LogP contribution is -2.21. The SMILES string of the molecule is COc1ccc([C@@H]2CC(=O)c3c(cc(O)c(C/C=C(\C)CCCC(C)(C)O)c3O)O2)cc1O. The van der Waals surface area contributed by atoms with Crippen molar-refractivity contribution in [2.75, 3.05) is 7.11 Å². The van der Waals surface area contributed by atoms with Gasteiger partial charge in [-0.25, -0.2) is 0 Å². The lowest BCUT2D eigenvalue weighted by atomic mass is 9.92. The fourth-order valence-electron chi connectivity index (χ4n) is 3.97. The first-order chi connectivity index (χ1) is 15.5. The number of hydrogen-bond donors (Lipinski definition) is 4. The molecule has 7 nitrogen and oxygen atoms in total. The van der Waals surface area contributed by atoms with Crippen LogP contribution in [0.3, 0.4) is 0 Å². The van der Waals surface area contributed by atoms with Gasteiger partial charge in [0.15, 0.2) is 17.3 Å². The minimum Gasteiger partial charge on any atom is -0.507 e. The molecule has 178 valence electrons. The number of carbonyl (C=O) groups excluding carboxylic acids is 1. The molecule has 0 aromatic heterocycles. The van der Waals surface area contributed by atoms with Crippen molar-refractivity contribution < 1.29 is 34.7 Å². The van der Waals surface area contributed by atoms with Crippen LogP contribution in [0.1, 0.15) is 74.0 Å². The molecule has 2 aromatic rings. The largest absolute Gasteiger partial charge is 0.507 e. The van der Waals surface area contributed by atoms with Gasteiger partial charge in [0.1, 0.15) is 28.9 Å². The average molecular weight is 457 g/mol. The van der Waals surface area contributed by atoms with E-state index in [0.29, 0.717) is 17.7 Å². The number of aromatic hydroxyl groups is 3. The lowest BCUT2D eigenvalue weighted by molar-refractivity contribution is 0.0689. The van der Waals surface area contributed by atoms with Crippen molar-refractivity contribution >= 4 is 5.78 Å². The van der Waals surface area contributed by atoms with Gasteiger partial charge in [0.25, 0.3) is 0 Å². The van der Waals surface area contributed by atoms with Gasteiger partial charge < -0.3 is 29.9 Å². The Hall–Kier alpha value is -3.19. The summed E-state index contributed by atoms with van der Waals surface area (Å²) in [4.78, 5) is 12.9. The van der Waals surface area contributed by atoms with E-state index in [9.17, 15) is 25.2 Å². The van der Waals surface area contributed by atoms with Crippen LogP contribution in [-0.2, 0) is 6.42 Å². The third kappa shape index (κ3) is 5.79. The van der Waals surface area contributed by atoms with Crippen LogP contribution in [0, 0.1) is 0 Å². The molecule has 0 radical (unpaired) electrons. The zero-order valence-electron chi connectivity index (χ0n) is 19.5. The molecule has 0 saturated heterocycles. The van der Waals surface area contributed by atoms with Gasteiger partial charge in [0, 0.05) is 11.6 Å². The number of benzene rings is 2. The van der Waals surface area contributed by atoms with Gasteiger partial charge in [0.05, 0.1) is 19.1 Å². The van der Waals surface area contributed by atoms with Crippen LogP contribution in [0.25, 0.3) is 0 Å². The summed E-state index contributed by atoms with van der Waals surface area (Å²) in [5, 5.41) is 41.2. The second kappa shape index (κ2) is 9.75. The molecule has 0 fully saturated rings. The van der Waals surface area contributed by atoms with E-state index < -0.39 is 11.7 Å². The summed E-state index contributed by atoms with van der Waals surface area (Å²) in [6.07, 6.45) is 3.78. The van der Waals surface area contributed by atoms with Gasteiger partial charge in [-0.15, -0.1) is 0 Å². The van der Waals surface area contributed by atoms with Crippen LogP contribution in [-0.4, -0.2) is 38.9 Å². The van der Waals surface area contributed by atoms with Crippen molar-refractivity contribution in [3.05, 3.63) is 52.6 Å². The van der Waals surface area contributed by atoms with Gasteiger partial charge in [0.2, 0.25) is 0 Å². The monoisotopic (exact) mass is 456 g/mol. The second-order valence-corrected chi connectivity index (χ2v) is 9.18. The highest BCUT2D eigenvalue weighted by Gasteiger charge is 2.33. The van der Waals surface area contributed by atoms with Crippen LogP contribution in [0.15, 0.2) is 35.9 Å². The Morgan fingerprint density at radius 1 is 1.21 bits per heavy atom. The fourth-order valence-corrected chi connectivity index (χ4v) is 3.97. The van der Waals surface area contributed by atoms with Crippen molar-refractivity contribution in [1.29, 1.82) is 0 Å². The predicted molar refractivity (Wildman–Crippen MR) is 124 cm³/mol. The van der Waals surface area contributed by atoms with Gasteiger partial charge in [-0.2, -0.15) is 0 Å². The van der Waals surface area contributed by atoms with Crippen molar-refractivity contribution in [1.82, 2.24) is 0 Å². The number of aliphatic hydroxyl groups is 1. The highest BCUT2D eigenvalue weighted by molar-refractivity contribution is 6.03. The molecule has 1 aliphatic heterocycles. The second-order valence-electron chi connectivity index (χ2n) is 9.18. The van der Waals surface area contributed by atoms with Crippen molar-refractivity contribution in [2.45, 2.75) is 64.6 Å². The summed E-state index contributed by atoms with van der Waals surface area (Å²) in [6, 6.07) is 6.11. The number of Topliss-reactive ketones (excluding diaryl/α,β-unsaturated/α-hetero) is 1. The molecule has 2 aromatic carbocycles. The highest BCUT2D eigenvalue weighted by Crippen LogP contribution is 2.45. The maximum absolute atomic E-state index is 12.9. The van der Waals surface area contributed by atoms with E-state index >= 15 is 0 Å². The Kier molecular flexibility index (Phi) is 7.22. The Bertz CT molecular complexity index is 1060. The Morgan fingerprint density at radius 2 is 1.94 bits per heavy atom. The zero-order valence-corrected chi connectivity index (χ0v) is 19.5. The van der Waals surface area contributed by atoms with E-state index in [4.69, 9.17) is 9.47 Å². The Labute approximate surface area is 193 Å². The molecule has 0 aliphatic carbocycles. The van der Waals surface area contributed by atoms with Crippen LogP contribution >= 0.6 is 0 Å². The standard InChI is InChI=1S/C26H32O7/c1-15(6-5-11-26(2,3)31)7-9-17-18(27)13-23-24(25(17)30)20(29)14-22(33-23)16-8-10-21(32-4)19(28)12-16/h7-8,10,12-13,22,27-28,30-31H,5-6,9,11,14H2,1-4H3/b15-7+/t22-/m0/s1. The molecule has 1 heterocycles. The number of allylic oxidation sites excluding steroid dienone is 2. The quantitative estimate of drug-likeness (QED) is 0.415. The third-order valence-corrected chi connectivity index (χ3v) is 5.85. The average Bonchev–Trinajstić information content (AvgIpc) is 2.71. The smallest absolute Gasteiger partial charge is 0.174 e. The van der Waals surface area contributed by atoms with Crippen LogP contribution in [0.4, 0.5) is 0 Å². The van der Waals surface area contributed by atoms with E-state index in [2.05, 4.69) is 0 Å². The predicted octanol–water partition coefficient (Wildman–Crippen LogP) is 4.95. The molecule has 0 bridgehead atoms. The van der Waals surface area contributed by atoms with E-state index in [-0.39, 0.29) is 52.7 Å². The van der Waals surface area contributed by atoms with E-state index in [0.717, 1.165) is 18.4 Å². The summed E-state index contributed by atoms with van der Waals surface area (Å²) < 4.78 is 11.0. The maximum Gasteiger partial charge on any atom is 0.174 e. The number of phenolic OH excluding ortho intramolecular Hbond substituents is 3. The lowest BCUT2D eigenvalue weighted by Gasteiger charge is -2.27. The summed E-state index contributed by atoms with van der Waals surface area (Å²) in [7, 11) is 1.45.